The van der Waals surface area contributed by atoms with Gasteiger partial charge in [0.25, 0.3) is 0 Å². The molecule has 0 radical (unpaired) electrons. The lowest BCUT2D eigenvalue weighted by molar-refractivity contribution is -0.0169. The van der Waals surface area contributed by atoms with Gasteiger partial charge < -0.3 is 10.1 Å². The summed E-state index contributed by atoms with van der Waals surface area (Å²) in [5, 5.41) is 3.69. The molecule has 1 N–H and O–H groups in total. The number of methoxy groups -OCH3 is 1. The maximum atomic E-state index is 5.31. The van der Waals surface area contributed by atoms with Crippen molar-refractivity contribution >= 4 is 0 Å². The lowest BCUT2D eigenvalue weighted by atomic mass is 9.82. The summed E-state index contributed by atoms with van der Waals surface area (Å²) in [6.45, 7) is 16.8. The minimum absolute atomic E-state index is 0.208. The fraction of sp³-hybridized carbons (Fsp3) is 1.00. The molecule has 0 bridgehead atoms. The number of piperazine rings is 1. The lowest BCUT2D eigenvalue weighted by Crippen LogP contribution is -2.67. The van der Waals surface area contributed by atoms with Crippen LogP contribution in [0.15, 0.2) is 0 Å². The Balaban J connectivity index is 2.76. The summed E-state index contributed by atoms with van der Waals surface area (Å²) in [7, 11) is 1.78. The summed E-state index contributed by atoms with van der Waals surface area (Å²) >= 11 is 0. The molecule has 1 rings (SSSR count). The van der Waals surface area contributed by atoms with Gasteiger partial charge in [-0.2, -0.15) is 0 Å². The number of hydrogen-bond donors (Lipinski definition) is 1. The standard InChI is InChI=1S/C14H30N2O/c1-11(9-17-7)16-8-12(13(2,3)4)15-10-14(16,5)6/h11-12,15H,8-10H2,1-7H3. The van der Waals surface area contributed by atoms with Gasteiger partial charge in [0.2, 0.25) is 0 Å². The fourth-order valence-electron chi connectivity index (χ4n) is 2.67. The quantitative estimate of drug-likeness (QED) is 0.820. The van der Waals surface area contributed by atoms with Crippen LogP contribution in [-0.2, 0) is 4.74 Å². The van der Waals surface area contributed by atoms with Crippen molar-refractivity contribution in [1.29, 1.82) is 0 Å². The van der Waals surface area contributed by atoms with Gasteiger partial charge in [-0.15, -0.1) is 0 Å². The Labute approximate surface area is 107 Å². The molecular weight excluding hydrogens is 212 g/mol. The average molecular weight is 242 g/mol. The molecule has 2 unspecified atom stereocenters. The molecule has 0 aromatic heterocycles. The van der Waals surface area contributed by atoms with Gasteiger partial charge in [0.15, 0.2) is 0 Å². The Hall–Kier alpha value is -0.120. The van der Waals surface area contributed by atoms with Gasteiger partial charge in [-0.25, -0.2) is 0 Å². The Kier molecular flexibility index (Phi) is 4.61. The highest BCUT2D eigenvalue weighted by molar-refractivity contribution is 4.98. The van der Waals surface area contributed by atoms with E-state index in [2.05, 4.69) is 51.8 Å². The van der Waals surface area contributed by atoms with E-state index in [-0.39, 0.29) is 5.54 Å². The number of nitrogens with zero attached hydrogens (tertiary/aromatic N) is 1. The van der Waals surface area contributed by atoms with E-state index in [4.69, 9.17) is 4.74 Å². The van der Waals surface area contributed by atoms with Crippen molar-refractivity contribution in [3.8, 4) is 0 Å². The second kappa shape index (κ2) is 5.25. The Morgan fingerprint density at radius 1 is 1.41 bits per heavy atom. The number of nitrogens with one attached hydrogen (secondary N) is 1. The summed E-state index contributed by atoms with van der Waals surface area (Å²) in [6.07, 6.45) is 0. The van der Waals surface area contributed by atoms with Crippen molar-refractivity contribution in [3.63, 3.8) is 0 Å². The third-order valence-corrected chi connectivity index (χ3v) is 3.92. The Morgan fingerprint density at radius 3 is 2.47 bits per heavy atom. The van der Waals surface area contributed by atoms with Crippen LogP contribution < -0.4 is 5.32 Å². The predicted molar refractivity (Wildman–Crippen MR) is 73.4 cm³/mol. The summed E-state index contributed by atoms with van der Waals surface area (Å²) in [5.41, 5.74) is 0.515. The minimum atomic E-state index is 0.208. The molecule has 2 atom stereocenters. The van der Waals surface area contributed by atoms with E-state index < -0.39 is 0 Å². The SMILES string of the molecule is COCC(C)N1CC(C(C)(C)C)NCC1(C)C. The van der Waals surface area contributed by atoms with Crippen molar-refractivity contribution in [2.45, 2.75) is 59.2 Å². The first-order chi connectivity index (χ1) is 7.68. The number of ether oxygens (including phenoxy) is 1. The highest BCUT2D eigenvalue weighted by Crippen LogP contribution is 2.28. The average Bonchev–Trinajstić information content (AvgIpc) is 2.15. The van der Waals surface area contributed by atoms with Crippen LogP contribution in [0.1, 0.15) is 41.5 Å². The number of rotatable bonds is 3. The molecule has 0 saturated carbocycles. The van der Waals surface area contributed by atoms with E-state index in [0.717, 1.165) is 19.7 Å². The molecule has 0 spiro atoms. The van der Waals surface area contributed by atoms with Crippen LogP contribution in [0.2, 0.25) is 0 Å². The van der Waals surface area contributed by atoms with Gasteiger partial charge in [0, 0.05) is 37.8 Å². The first kappa shape index (κ1) is 14.9. The topological polar surface area (TPSA) is 24.5 Å². The van der Waals surface area contributed by atoms with Crippen LogP contribution in [0.4, 0.5) is 0 Å². The monoisotopic (exact) mass is 242 g/mol. The second-order valence-electron chi connectivity index (χ2n) is 7.07. The van der Waals surface area contributed by atoms with E-state index in [1.165, 1.54) is 0 Å². The maximum absolute atomic E-state index is 5.31. The van der Waals surface area contributed by atoms with Gasteiger partial charge >= 0.3 is 0 Å². The zero-order chi connectivity index (χ0) is 13.3. The van der Waals surface area contributed by atoms with Gasteiger partial charge in [-0.05, 0) is 26.2 Å². The molecule has 102 valence electrons. The zero-order valence-corrected chi connectivity index (χ0v) is 12.6. The van der Waals surface area contributed by atoms with Crippen molar-refractivity contribution in [2.24, 2.45) is 5.41 Å². The third-order valence-electron chi connectivity index (χ3n) is 3.92. The fourth-order valence-corrected chi connectivity index (χ4v) is 2.67. The van der Waals surface area contributed by atoms with E-state index >= 15 is 0 Å². The smallest absolute Gasteiger partial charge is 0.0615 e. The zero-order valence-electron chi connectivity index (χ0n) is 12.6. The van der Waals surface area contributed by atoms with E-state index in [1.54, 1.807) is 7.11 Å². The molecule has 1 aliphatic rings. The third kappa shape index (κ3) is 3.67. The molecule has 1 saturated heterocycles. The molecule has 17 heavy (non-hydrogen) atoms. The van der Waals surface area contributed by atoms with E-state index in [0.29, 0.717) is 17.5 Å². The molecule has 1 heterocycles. The van der Waals surface area contributed by atoms with E-state index in [9.17, 15) is 0 Å². The van der Waals surface area contributed by atoms with Crippen molar-refractivity contribution in [3.05, 3.63) is 0 Å². The molecule has 0 amide bonds. The molecular formula is C14H30N2O. The Morgan fingerprint density at radius 2 is 2.00 bits per heavy atom. The summed E-state index contributed by atoms with van der Waals surface area (Å²) in [5.74, 6) is 0. The first-order valence-corrected chi connectivity index (χ1v) is 6.67. The van der Waals surface area contributed by atoms with Gasteiger partial charge in [-0.1, -0.05) is 20.8 Å². The van der Waals surface area contributed by atoms with Crippen molar-refractivity contribution in [1.82, 2.24) is 10.2 Å². The maximum Gasteiger partial charge on any atom is 0.0615 e. The minimum Gasteiger partial charge on any atom is -0.383 e. The molecule has 0 aliphatic carbocycles. The summed E-state index contributed by atoms with van der Waals surface area (Å²) in [4.78, 5) is 2.59. The van der Waals surface area contributed by atoms with Crippen LogP contribution in [0, 0.1) is 5.41 Å². The molecule has 0 aromatic carbocycles. The van der Waals surface area contributed by atoms with E-state index in [1.807, 2.05) is 0 Å². The molecule has 0 aromatic rings. The van der Waals surface area contributed by atoms with Crippen molar-refractivity contribution in [2.75, 3.05) is 26.8 Å². The van der Waals surface area contributed by atoms with Crippen LogP contribution >= 0.6 is 0 Å². The largest absolute Gasteiger partial charge is 0.383 e. The molecule has 3 nitrogen and oxygen atoms in total. The molecule has 1 fully saturated rings. The lowest BCUT2D eigenvalue weighted by Gasteiger charge is -2.51. The van der Waals surface area contributed by atoms with Crippen molar-refractivity contribution < 1.29 is 4.74 Å². The molecule has 3 heteroatoms. The van der Waals surface area contributed by atoms with Gasteiger partial charge in [0.1, 0.15) is 0 Å². The van der Waals surface area contributed by atoms with Crippen LogP contribution in [-0.4, -0.2) is 49.3 Å². The normalized spacial score (nSPS) is 28.1. The number of hydrogen-bond acceptors (Lipinski definition) is 3. The predicted octanol–water partition coefficient (Wildman–Crippen LogP) is 2.12. The second-order valence-corrected chi connectivity index (χ2v) is 7.07. The van der Waals surface area contributed by atoms with Gasteiger partial charge in [0.05, 0.1) is 6.61 Å². The first-order valence-electron chi connectivity index (χ1n) is 6.67. The van der Waals surface area contributed by atoms with Crippen LogP contribution in [0.3, 0.4) is 0 Å². The van der Waals surface area contributed by atoms with Gasteiger partial charge in [-0.3, -0.25) is 4.90 Å². The highest BCUT2D eigenvalue weighted by Gasteiger charge is 2.40. The molecule has 1 aliphatic heterocycles. The Bertz CT molecular complexity index is 245. The van der Waals surface area contributed by atoms with Crippen LogP contribution in [0.25, 0.3) is 0 Å². The summed E-state index contributed by atoms with van der Waals surface area (Å²) < 4.78 is 5.31. The highest BCUT2D eigenvalue weighted by atomic mass is 16.5. The summed E-state index contributed by atoms with van der Waals surface area (Å²) in [6, 6.07) is 1.02. The van der Waals surface area contributed by atoms with Crippen LogP contribution in [0.5, 0.6) is 0 Å².